The smallest absolute Gasteiger partial charge is 0.408 e. The lowest BCUT2D eigenvalue weighted by atomic mass is 10.0. The van der Waals surface area contributed by atoms with Crippen molar-refractivity contribution in [2.24, 2.45) is 0 Å². The van der Waals surface area contributed by atoms with E-state index in [2.05, 4.69) is 5.32 Å². The van der Waals surface area contributed by atoms with Gasteiger partial charge in [0.2, 0.25) is 0 Å². The van der Waals surface area contributed by atoms with Gasteiger partial charge in [0.1, 0.15) is 23.3 Å². The number of hydrogen-bond donors (Lipinski definition) is 2. The molecule has 0 radical (unpaired) electrons. The third kappa shape index (κ3) is 5.67. The Bertz CT molecular complexity index is 535. The van der Waals surface area contributed by atoms with Gasteiger partial charge in [0.25, 0.3) is 0 Å². The molecule has 0 unspecified atom stereocenters. The van der Waals surface area contributed by atoms with Crippen molar-refractivity contribution in [3.63, 3.8) is 0 Å². The maximum atomic E-state index is 13.5. The number of benzene rings is 1. The van der Waals surface area contributed by atoms with Gasteiger partial charge in [-0.2, -0.15) is 0 Å². The summed E-state index contributed by atoms with van der Waals surface area (Å²) < 4.78 is 31.9. The molecule has 0 aliphatic heterocycles. The summed E-state index contributed by atoms with van der Waals surface area (Å²) in [4.78, 5) is 22.7. The predicted molar refractivity (Wildman–Crippen MR) is 75.5 cm³/mol. The second kappa shape index (κ2) is 7.20. The van der Waals surface area contributed by atoms with Crippen molar-refractivity contribution in [1.82, 2.24) is 5.32 Å². The van der Waals surface area contributed by atoms with Crippen molar-refractivity contribution < 1.29 is 28.2 Å². The van der Waals surface area contributed by atoms with Gasteiger partial charge in [-0.05, 0) is 45.7 Å². The lowest BCUT2D eigenvalue weighted by Gasteiger charge is -2.22. The van der Waals surface area contributed by atoms with Crippen LogP contribution in [0.3, 0.4) is 0 Å². The maximum Gasteiger partial charge on any atom is 0.408 e. The summed E-state index contributed by atoms with van der Waals surface area (Å²) in [6.45, 7) is 4.91. The number of amides is 1. The average molecular weight is 315 g/mol. The van der Waals surface area contributed by atoms with Gasteiger partial charge in [0.05, 0.1) is 0 Å². The zero-order valence-corrected chi connectivity index (χ0v) is 12.7. The molecule has 1 rings (SSSR count). The van der Waals surface area contributed by atoms with Crippen molar-refractivity contribution in [3.8, 4) is 0 Å². The molecule has 2 N–H and O–H groups in total. The van der Waals surface area contributed by atoms with Gasteiger partial charge in [0.15, 0.2) is 0 Å². The fourth-order valence-electron chi connectivity index (χ4n) is 1.77. The van der Waals surface area contributed by atoms with Crippen LogP contribution in [0.25, 0.3) is 0 Å². The first-order chi connectivity index (χ1) is 10.1. The van der Waals surface area contributed by atoms with E-state index in [1.165, 1.54) is 6.07 Å². The number of hydrogen-bond acceptors (Lipinski definition) is 3. The Morgan fingerprint density at radius 1 is 1.27 bits per heavy atom. The zero-order chi connectivity index (χ0) is 16.9. The number of carboxylic acid groups (broad SMARTS) is 1. The molecule has 1 atom stereocenters. The van der Waals surface area contributed by atoms with Crippen LogP contribution in [0.5, 0.6) is 0 Å². The standard InChI is InChI=1S/C15H19F2NO4/c1-15(2,3)22-14(21)18-12(13(19)20)8-7-9-10(16)5-4-6-11(9)17/h4-6,12H,7-8H2,1-3H3,(H,18,21)(H,19,20)/t12-/m1/s1. The molecule has 1 amide bonds. The molecule has 1 aromatic carbocycles. The van der Waals surface area contributed by atoms with Gasteiger partial charge in [-0.25, -0.2) is 18.4 Å². The molecule has 5 nitrogen and oxygen atoms in total. The van der Waals surface area contributed by atoms with Crippen LogP contribution in [-0.4, -0.2) is 28.8 Å². The van der Waals surface area contributed by atoms with E-state index in [4.69, 9.17) is 9.84 Å². The number of alkyl carbamates (subject to hydrolysis) is 1. The number of carbonyl (C=O) groups excluding carboxylic acids is 1. The highest BCUT2D eigenvalue weighted by atomic mass is 19.1. The van der Waals surface area contributed by atoms with Crippen LogP contribution in [0.2, 0.25) is 0 Å². The lowest BCUT2D eigenvalue weighted by Crippen LogP contribution is -2.43. The van der Waals surface area contributed by atoms with Crippen LogP contribution in [0, 0.1) is 11.6 Å². The molecular weight excluding hydrogens is 296 g/mol. The Balaban J connectivity index is 2.70. The minimum Gasteiger partial charge on any atom is -0.480 e. The Hall–Kier alpha value is -2.18. The summed E-state index contributed by atoms with van der Waals surface area (Å²) in [7, 11) is 0. The summed E-state index contributed by atoms with van der Waals surface area (Å²) in [6.07, 6.45) is -1.22. The van der Waals surface area contributed by atoms with Gasteiger partial charge >= 0.3 is 12.1 Å². The molecular formula is C15H19F2NO4. The van der Waals surface area contributed by atoms with E-state index in [9.17, 15) is 18.4 Å². The van der Waals surface area contributed by atoms with E-state index in [0.29, 0.717) is 0 Å². The molecule has 0 aliphatic rings. The van der Waals surface area contributed by atoms with Crippen LogP contribution < -0.4 is 5.32 Å². The number of carboxylic acids is 1. The Morgan fingerprint density at radius 2 is 1.82 bits per heavy atom. The highest BCUT2D eigenvalue weighted by molar-refractivity contribution is 5.80. The minimum atomic E-state index is -1.30. The summed E-state index contributed by atoms with van der Waals surface area (Å²) in [6, 6.07) is 2.11. The number of halogens is 2. The molecule has 22 heavy (non-hydrogen) atoms. The Labute approximate surface area is 127 Å². The number of nitrogens with one attached hydrogen (secondary N) is 1. The fourth-order valence-corrected chi connectivity index (χ4v) is 1.77. The quantitative estimate of drug-likeness (QED) is 0.876. The molecule has 0 spiro atoms. The molecule has 0 aromatic heterocycles. The van der Waals surface area contributed by atoms with Crippen LogP contribution in [0.15, 0.2) is 18.2 Å². The molecule has 0 fully saturated rings. The molecule has 0 saturated carbocycles. The average Bonchev–Trinajstić information content (AvgIpc) is 2.34. The second-order valence-electron chi connectivity index (χ2n) is 5.78. The normalized spacial score (nSPS) is 12.6. The molecule has 7 heteroatoms. The monoisotopic (exact) mass is 315 g/mol. The summed E-state index contributed by atoms with van der Waals surface area (Å²) >= 11 is 0. The number of ether oxygens (including phenoxy) is 1. The first-order valence-electron chi connectivity index (χ1n) is 6.75. The SMILES string of the molecule is CC(C)(C)OC(=O)N[C@H](CCc1c(F)cccc1F)C(=O)O. The van der Waals surface area contributed by atoms with Gasteiger partial charge in [0, 0.05) is 5.56 Å². The first kappa shape index (κ1) is 17.9. The summed E-state index contributed by atoms with van der Waals surface area (Å²) in [5, 5.41) is 11.3. The van der Waals surface area contributed by atoms with Crippen LogP contribution >= 0.6 is 0 Å². The van der Waals surface area contributed by atoms with Crippen molar-refractivity contribution in [3.05, 3.63) is 35.4 Å². The van der Waals surface area contributed by atoms with E-state index in [1.54, 1.807) is 20.8 Å². The topological polar surface area (TPSA) is 75.6 Å². The number of carbonyl (C=O) groups is 2. The van der Waals surface area contributed by atoms with E-state index in [-0.39, 0.29) is 18.4 Å². The molecule has 1 aromatic rings. The first-order valence-corrected chi connectivity index (χ1v) is 6.75. The third-order valence-electron chi connectivity index (χ3n) is 2.73. The highest BCUT2D eigenvalue weighted by Gasteiger charge is 2.24. The van der Waals surface area contributed by atoms with Gasteiger partial charge in [-0.3, -0.25) is 0 Å². The molecule has 0 saturated heterocycles. The Morgan fingerprint density at radius 3 is 2.27 bits per heavy atom. The molecule has 0 aliphatic carbocycles. The van der Waals surface area contributed by atoms with Crippen LogP contribution in [0.1, 0.15) is 32.8 Å². The Kier molecular flexibility index (Phi) is 5.84. The number of rotatable bonds is 5. The minimum absolute atomic E-state index is 0.160. The summed E-state index contributed by atoms with van der Waals surface area (Å²) in [5.74, 6) is -2.80. The lowest BCUT2D eigenvalue weighted by molar-refractivity contribution is -0.139. The van der Waals surface area contributed by atoms with Crippen LogP contribution in [0.4, 0.5) is 13.6 Å². The molecule has 122 valence electrons. The van der Waals surface area contributed by atoms with E-state index >= 15 is 0 Å². The van der Waals surface area contributed by atoms with E-state index < -0.39 is 35.3 Å². The number of aliphatic carboxylic acids is 1. The van der Waals surface area contributed by atoms with Gasteiger partial charge < -0.3 is 15.2 Å². The van der Waals surface area contributed by atoms with Crippen LogP contribution in [-0.2, 0) is 16.0 Å². The summed E-state index contributed by atoms with van der Waals surface area (Å²) in [5.41, 5.74) is -0.982. The largest absolute Gasteiger partial charge is 0.480 e. The second-order valence-corrected chi connectivity index (χ2v) is 5.78. The predicted octanol–water partition coefficient (Wildman–Crippen LogP) is 2.88. The highest BCUT2D eigenvalue weighted by Crippen LogP contribution is 2.15. The zero-order valence-electron chi connectivity index (χ0n) is 12.7. The molecule has 0 heterocycles. The third-order valence-corrected chi connectivity index (χ3v) is 2.73. The van der Waals surface area contributed by atoms with Crippen molar-refractivity contribution >= 4 is 12.1 Å². The molecule has 0 bridgehead atoms. The van der Waals surface area contributed by atoms with E-state index in [1.807, 2.05) is 0 Å². The van der Waals surface area contributed by atoms with E-state index in [0.717, 1.165) is 12.1 Å². The van der Waals surface area contributed by atoms with Crippen molar-refractivity contribution in [2.45, 2.75) is 45.3 Å². The van der Waals surface area contributed by atoms with Gasteiger partial charge in [-0.15, -0.1) is 0 Å². The van der Waals surface area contributed by atoms with Gasteiger partial charge in [-0.1, -0.05) is 6.07 Å². The van der Waals surface area contributed by atoms with Crippen molar-refractivity contribution in [1.29, 1.82) is 0 Å². The fraction of sp³-hybridized carbons (Fsp3) is 0.467. The van der Waals surface area contributed by atoms with Crippen molar-refractivity contribution in [2.75, 3.05) is 0 Å². The maximum absolute atomic E-state index is 13.5.